The van der Waals surface area contributed by atoms with Crippen LogP contribution in [0.4, 0.5) is 0 Å². The van der Waals surface area contributed by atoms with E-state index in [2.05, 4.69) is 41.8 Å². The third-order valence-electron chi connectivity index (χ3n) is 1.54. The standard InChI is InChI=1S/C8H8Br2N2O/c1-2-5-6(7(13)8(9)10)12-4-3-11-5/h3-4,8H,2H2,1H3. The second kappa shape index (κ2) is 4.81. The Morgan fingerprint density at radius 2 is 2.08 bits per heavy atom. The summed E-state index contributed by atoms with van der Waals surface area (Å²) < 4.78 is -0.387. The molecule has 0 aliphatic heterocycles. The molecular formula is C8H8Br2N2O. The molecule has 0 N–H and O–H groups in total. The highest BCUT2D eigenvalue weighted by atomic mass is 79.9. The highest BCUT2D eigenvalue weighted by Crippen LogP contribution is 2.16. The zero-order valence-corrected chi connectivity index (χ0v) is 10.2. The van der Waals surface area contributed by atoms with E-state index in [1.54, 1.807) is 6.20 Å². The van der Waals surface area contributed by atoms with E-state index < -0.39 is 0 Å². The predicted molar refractivity (Wildman–Crippen MR) is 57.4 cm³/mol. The van der Waals surface area contributed by atoms with Gasteiger partial charge in [0.1, 0.15) is 9.43 Å². The summed E-state index contributed by atoms with van der Waals surface area (Å²) in [5, 5.41) is 0. The molecule has 0 aliphatic rings. The molecule has 0 spiro atoms. The lowest BCUT2D eigenvalue weighted by Crippen LogP contribution is -2.13. The maximum Gasteiger partial charge on any atom is 0.207 e. The van der Waals surface area contributed by atoms with Gasteiger partial charge in [-0.25, -0.2) is 4.98 Å². The van der Waals surface area contributed by atoms with E-state index in [1.165, 1.54) is 6.20 Å². The summed E-state index contributed by atoms with van der Waals surface area (Å²) in [7, 11) is 0. The van der Waals surface area contributed by atoms with Crippen molar-refractivity contribution >= 4 is 37.6 Å². The zero-order valence-electron chi connectivity index (χ0n) is 7.00. The van der Waals surface area contributed by atoms with Crippen molar-refractivity contribution in [3.63, 3.8) is 0 Å². The molecule has 0 atom stereocenters. The minimum Gasteiger partial charge on any atom is -0.290 e. The van der Waals surface area contributed by atoms with Crippen LogP contribution in [0.25, 0.3) is 0 Å². The van der Waals surface area contributed by atoms with Crippen molar-refractivity contribution in [2.45, 2.75) is 17.1 Å². The number of carbonyl (C=O) groups is 1. The highest BCUT2D eigenvalue weighted by Gasteiger charge is 2.18. The first-order valence-electron chi connectivity index (χ1n) is 3.79. The quantitative estimate of drug-likeness (QED) is 0.636. The van der Waals surface area contributed by atoms with Crippen LogP contribution in [0.5, 0.6) is 0 Å². The Morgan fingerprint density at radius 3 is 2.62 bits per heavy atom. The third-order valence-corrected chi connectivity index (χ3v) is 2.37. The third kappa shape index (κ3) is 2.57. The van der Waals surface area contributed by atoms with Gasteiger partial charge in [-0.3, -0.25) is 9.78 Å². The van der Waals surface area contributed by atoms with Crippen molar-refractivity contribution < 1.29 is 4.79 Å². The van der Waals surface area contributed by atoms with Crippen molar-refractivity contribution in [3.05, 3.63) is 23.8 Å². The summed E-state index contributed by atoms with van der Waals surface area (Å²) in [4.78, 5) is 19.6. The summed E-state index contributed by atoms with van der Waals surface area (Å²) >= 11 is 6.28. The molecule has 0 aliphatic carbocycles. The van der Waals surface area contributed by atoms with Crippen molar-refractivity contribution in [1.82, 2.24) is 9.97 Å². The molecule has 5 heteroatoms. The molecule has 0 saturated heterocycles. The predicted octanol–water partition coefficient (Wildman–Crippen LogP) is 2.34. The van der Waals surface area contributed by atoms with Crippen LogP contribution in [-0.2, 0) is 6.42 Å². The van der Waals surface area contributed by atoms with Gasteiger partial charge in [0.2, 0.25) is 5.78 Å². The summed E-state index contributed by atoms with van der Waals surface area (Å²) in [6.07, 6.45) is 3.82. The van der Waals surface area contributed by atoms with Crippen molar-refractivity contribution in [1.29, 1.82) is 0 Å². The van der Waals surface area contributed by atoms with Gasteiger partial charge in [0.05, 0.1) is 5.69 Å². The fraction of sp³-hybridized carbons (Fsp3) is 0.375. The zero-order chi connectivity index (χ0) is 9.84. The largest absolute Gasteiger partial charge is 0.290 e. The molecule has 13 heavy (non-hydrogen) atoms. The number of hydrogen-bond donors (Lipinski definition) is 0. The Bertz CT molecular complexity index is 315. The van der Waals surface area contributed by atoms with E-state index in [0.29, 0.717) is 12.1 Å². The molecule has 1 aromatic heterocycles. The van der Waals surface area contributed by atoms with Gasteiger partial charge in [0.25, 0.3) is 0 Å². The number of ketones is 1. The molecule has 1 rings (SSSR count). The minimum absolute atomic E-state index is 0.0926. The van der Waals surface area contributed by atoms with Gasteiger partial charge in [-0.15, -0.1) is 0 Å². The van der Waals surface area contributed by atoms with E-state index >= 15 is 0 Å². The van der Waals surface area contributed by atoms with Crippen LogP contribution < -0.4 is 0 Å². The lowest BCUT2D eigenvalue weighted by atomic mass is 10.2. The molecule has 0 fully saturated rings. The molecule has 0 aromatic carbocycles. The monoisotopic (exact) mass is 306 g/mol. The van der Waals surface area contributed by atoms with Gasteiger partial charge < -0.3 is 0 Å². The first-order chi connectivity index (χ1) is 6.16. The molecule has 1 aromatic rings. The molecule has 0 saturated carbocycles. The highest BCUT2D eigenvalue weighted by molar-refractivity contribution is 9.25. The van der Waals surface area contributed by atoms with Crippen LogP contribution in [-0.4, -0.2) is 19.5 Å². The Labute approximate surface area is 93.2 Å². The number of carbonyl (C=O) groups excluding carboxylic acids is 1. The second-order valence-electron chi connectivity index (χ2n) is 2.37. The van der Waals surface area contributed by atoms with Gasteiger partial charge in [-0.05, 0) is 6.42 Å². The minimum atomic E-state index is -0.387. The molecule has 0 amide bonds. The van der Waals surface area contributed by atoms with E-state index in [1.807, 2.05) is 6.92 Å². The maximum atomic E-state index is 11.5. The van der Waals surface area contributed by atoms with Crippen LogP contribution >= 0.6 is 31.9 Å². The number of alkyl halides is 2. The Kier molecular flexibility index (Phi) is 3.99. The van der Waals surface area contributed by atoms with Gasteiger partial charge in [0, 0.05) is 12.4 Å². The van der Waals surface area contributed by atoms with Gasteiger partial charge in [0.15, 0.2) is 0 Å². The molecule has 0 bridgehead atoms. The topological polar surface area (TPSA) is 42.9 Å². The molecule has 0 unspecified atom stereocenters. The first kappa shape index (κ1) is 10.8. The average molecular weight is 308 g/mol. The second-order valence-corrected chi connectivity index (χ2v) is 5.43. The molecule has 3 nitrogen and oxygen atoms in total. The van der Waals surface area contributed by atoms with E-state index in [4.69, 9.17) is 0 Å². The van der Waals surface area contributed by atoms with Crippen LogP contribution in [0.1, 0.15) is 23.1 Å². The van der Waals surface area contributed by atoms with Gasteiger partial charge in [-0.1, -0.05) is 38.8 Å². The number of halogens is 2. The summed E-state index contributed by atoms with van der Waals surface area (Å²) in [5.41, 5.74) is 1.17. The molecule has 0 radical (unpaired) electrons. The van der Waals surface area contributed by atoms with E-state index in [-0.39, 0.29) is 9.52 Å². The Morgan fingerprint density at radius 1 is 1.46 bits per heavy atom. The van der Waals surface area contributed by atoms with Gasteiger partial charge >= 0.3 is 0 Å². The average Bonchev–Trinajstić information content (AvgIpc) is 2.16. The Hall–Kier alpha value is -0.290. The van der Waals surface area contributed by atoms with Crippen molar-refractivity contribution in [2.75, 3.05) is 0 Å². The summed E-state index contributed by atoms with van der Waals surface area (Å²) in [5.74, 6) is -0.0926. The smallest absolute Gasteiger partial charge is 0.207 e. The van der Waals surface area contributed by atoms with Crippen LogP contribution in [0.15, 0.2) is 12.4 Å². The normalized spacial score (nSPS) is 10.5. The first-order valence-corrected chi connectivity index (χ1v) is 5.62. The number of hydrogen-bond acceptors (Lipinski definition) is 3. The number of aryl methyl sites for hydroxylation is 1. The fourth-order valence-corrected chi connectivity index (χ4v) is 1.37. The van der Waals surface area contributed by atoms with Crippen LogP contribution in [0, 0.1) is 0 Å². The Balaban J connectivity index is 3.06. The lowest BCUT2D eigenvalue weighted by molar-refractivity contribution is 0.101. The van der Waals surface area contributed by atoms with Crippen molar-refractivity contribution in [3.8, 4) is 0 Å². The van der Waals surface area contributed by atoms with E-state index in [9.17, 15) is 4.79 Å². The van der Waals surface area contributed by atoms with E-state index in [0.717, 1.165) is 5.69 Å². The number of rotatable bonds is 3. The molecule has 70 valence electrons. The summed E-state index contributed by atoms with van der Waals surface area (Å²) in [6, 6.07) is 0. The lowest BCUT2D eigenvalue weighted by Gasteiger charge is -2.04. The molecular weight excluding hydrogens is 300 g/mol. The SMILES string of the molecule is CCc1nccnc1C(=O)C(Br)Br. The van der Waals surface area contributed by atoms with Crippen LogP contribution in [0.2, 0.25) is 0 Å². The van der Waals surface area contributed by atoms with Crippen LogP contribution in [0.3, 0.4) is 0 Å². The fourth-order valence-electron chi connectivity index (χ4n) is 0.935. The number of nitrogens with zero attached hydrogens (tertiary/aromatic N) is 2. The molecule has 1 heterocycles. The number of aromatic nitrogens is 2. The van der Waals surface area contributed by atoms with Gasteiger partial charge in [-0.2, -0.15) is 0 Å². The van der Waals surface area contributed by atoms with Crippen molar-refractivity contribution in [2.24, 2.45) is 0 Å². The summed E-state index contributed by atoms with van der Waals surface area (Å²) in [6.45, 7) is 1.94. The maximum absolute atomic E-state index is 11.5. The number of Topliss-reactive ketones (excluding diaryl/α,β-unsaturated/α-hetero) is 1.